The van der Waals surface area contributed by atoms with Gasteiger partial charge in [-0.3, -0.25) is 4.79 Å². The van der Waals surface area contributed by atoms with Crippen molar-refractivity contribution in [3.63, 3.8) is 0 Å². The lowest BCUT2D eigenvalue weighted by molar-refractivity contribution is -0.120. The van der Waals surface area contributed by atoms with Crippen LogP contribution in [0, 0.1) is 0 Å². The number of rotatable bonds is 4. The van der Waals surface area contributed by atoms with E-state index in [0.717, 1.165) is 0 Å². The number of cyclic esters (lactones) is 1. The molecule has 6 nitrogen and oxygen atoms in total. The molecule has 80 valence electrons. The number of amides is 2. The lowest BCUT2D eigenvalue weighted by Crippen LogP contribution is -2.37. The molecule has 1 unspecified atom stereocenters. The molecule has 0 spiro atoms. The van der Waals surface area contributed by atoms with Gasteiger partial charge in [0.25, 0.3) is 0 Å². The molecule has 1 fully saturated rings. The second-order valence-electron chi connectivity index (χ2n) is 3.05. The van der Waals surface area contributed by atoms with Crippen LogP contribution < -0.4 is 11.1 Å². The second-order valence-corrected chi connectivity index (χ2v) is 3.05. The van der Waals surface area contributed by atoms with E-state index in [2.05, 4.69) is 5.32 Å². The van der Waals surface area contributed by atoms with E-state index >= 15 is 0 Å². The van der Waals surface area contributed by atoms with Crippen LogP contribution in [0.1, 0.15) is 6.92 Å². The Balaban J connectivity index is 2.28. The Morgan fingerprint density at radius 2 is 2.50 bits per heavy atom. The maximum atomic E-state index is 11.1. The van der Waals surface area contributed by atoms with E-state index in [1.807, 2.05) is 6.92 Å². The van der Waals surface area contributed by atoms with Gasteiger partial charge in [0.1, 0.15) is 6.10 Å². The highest BCUT2D eigenvalue weighted by atomic mass is 16.6. The summed E-state index contributed by atoms with van der Waals surface area (Å²) in [5.41, 5.74) is 5.11. The largest absolute Gasteiger partial charge is 0.442 e. The first-order valence-corrected chi connectivity index (χ1v) is 4.59. The van der Waals surface area contributed by atoms with Crippen LogP contribution in [0.5, 0.6) is 0 Å². The molecule has 1 atom stereocenters. The van der Waals surface area contributed by atoms with Crippen LogP contribution in [0.25, 0.3) is 0 Å². The van der Waals surface area contributed by atoms with Gasteiger partial charge in [0.2, 0.25) is 5.91 Å². The van der Waals surface area contributed by atoms with Crippen molar-refractivity contribution in [2.45, 2.75) is 13.0 Å². The number of hydrogen-bond donors (Lipinski definition) is 2. The minimum absolute atomic E-state index is 0.0435. The number of nitrogens with zero attached hydrogens (tertiary/aromatic N) is 1. The molecule has 3 N–H and O–H groups in total. The van der Waals surface area contributed by atoms with Gasteiger partial charge in [-0.2, -0.15) is 0 Å². The Hall–Kier alpha value is -1.30. The highest BCUT2D eigenvalue weighted by molar-refractivity contribution is 5.77. The lowest BCUT2D eigenvalue weighted by Gasteiger charge is -2.09. The van der Waals surface area contributed by atoms with Crippen LogP contribution >= 0.6 is 0 Å². The van der Waals surface area contributed by atoms with Gasteiger partial charge in [-0.15, -0.1) is 0 Å². The van der Waals surface area contributed by atoms with Crippen molar-refractivity contribution in [3.05, 3.63) is 0 Å². The highest BCUT2D eigenvalue weighted by Crippen LogP contribution is 2.09. The molecule has 0 aromatic carbocycles. The SMILES string of the molecule is CCN1CC(CNC(=O)CN)OC1=O. The molecule has 1 saturated heterocycles. The number of hydrogen-bond acceptors (Lipinski definition) is 4. The molecule has 1 rings (SSSR count). The van der Waals surface area contributed by atoms with Crippen molar-refractivity contribution < 1.29 is 14.3 Å². The molecule has 1 aliphatic heterocycles. The number of nitrogens with one attached hydrogen (secondary N) is 1. The van der Waals surface area contributed by atoms with E-state index in [4.69, 9.17) is 10.5 Å². The molecular formula is C8H15N3O3. The minimum atomic E-state index is -0.320. The first kappa shape index (κ1) is 10.8. The van der Waals surface area contributed by atoms with Crippen molar-refractivity contribution in [1.82, 2.24) is 10.2 Å². The zero-order valence-corrected chi connectivity index (χ0v) is 8.16. The molecule has 0 bridgehead atoms. The maximum Gasteiger partial charge on any atom is 0.410 e. The maximum absolute atomic E-state index is 11.1. The fraction of sp³-hybridized carbons (Fsp3) is 0.750. The summed E-state index contributed by atoms with van der Waals surface area (Å²) in [7, 11) is 0. The van der Waals surface area contributed by atoms with Crippen LogP contribution in [0.3, 0.4) is 0 Å². The summed E-state index contributed by atoms with van der Waals surface area (Å²) in [6.45, 7) is 3.32. The summed E-state index contributed by atoms with van der Waals surface area (Å²) in [6, 6.07) is 0. The predicted octanol–water partition coefficient (Wildman–Crippen LogP) is -1.10. The molecular weight excluding hydrogens is 186 g/mol. The van der Waals surface area contributed by atoms with Gasteiger partial charge < -0.3 is 20.7 Å². The normalized spacial score (nSPS) is 20.9. The van der Waals surface area contributed by atoms with Crippen LogP contribution in [-0.2, 0) is 9.53 Å². The fourth-order valence-corrected chi connectivity index (χ4v) is 1.24. The third-order valence-electron chi connectivity index (χ3n) is 2.04. The predicted molar refractivity (Wildman–Crippen MR) is 49.6 cm³/mol. The monoisotopic (exact) mass is 201 g/mol. The summed E-state index contributed by atoms with van der Waals surface area (Å²) in [5, 5.41) is 2.57. The Bertz CT molecular complexity index is 232. The average Bonchev–Trinajstić information content (AvgIpc) is 2.55. The first-order chi connectivity index (χ1) is 6.67. The molecule has 0 aromatic heterocycles. The molecule has 0 aliphatic carbocycles. The van der Waals surface area contributed by atoms with Crippen molar-refractivity contribution in [2.75, 3.05) is 26.2 Å². The van der Waals surface area contributed by atoms with Gasteiger partial charge in [-0.1, -0.05) is 0 Å². The second kappa shape index (κ2) is 4.80. The Morgan fingerprint density at radius 3 is 3.00 bits per heavy atom. The molecule has 0 radical (unpaired) electrons. The van der Waals surface area contributed by atoms with Gasteiger partial charge in [0, 0.05) is 6.54 Å². The smallest absolute Gasteiger partial charge is 0.410 e. The minimum Gasteiger partial charge on any atom is -0.442 e. The third-order valence-corrected chi connectivity index (χ3v) is 2.04. The van der Waals surface area contributed by atoms with E-state index in [9.17, 15) is 9.59 Å². The topological polar surface area (TPSA) is 84.7 Å². The number of carbonyl (C=O) groups excluding carboxylic acids is 2. The van der Waals surface area contributed by atoms with E-state index in [-0.39, 0.29) is 24.6 Å². The Kier molecular flexibility index (Phi) is 3.70. The van der Waals surface area contributed by atoms with E-state index < -0.39 is 0 Å². The van der Waals surface area contributed by atoms with Crippen LogP contribution in [0.4, 0.5) is 4.79 Å². The number of carbonyl (C=O) groups is 2. The van der Waals surface area contributed by atoms with E-state index in [1.54, 1.807) is 4.90 Å². The molecule has 1 aliphatic rings. The van der Waals surface area contributed by atoms with Gasteiger partial charge in [-0.25, -0.2) is 4.79 Å². The van der Waals surface area contributed by atoms with Crippen LogP contribution in [0.15, 0.2) is 0 Å². The molecule has 0 saturated carbocycles. The standard InChI is InChI=1S/C8H15N3O3/c1-2-11-5-6(14-8(11)13)4-10-7(12)3-9/h6H,2-5,9H2,1H3,(H,10,12). The van der Waals surface area contributed by atoms with Crippen molar-refractivity contribution in [2.24, 2.45) is 5.73 Å². The fourth-order valence-electron chi connectivity index (χ4n) is 1.24. The van der Waals surface area contributed by atoms with Crippen LogP contribution in [-0.4, -0.2) is 49.2 Å². The van der Waals surface area contributed by atoms with E-state index in [0.29, 0.717) is 19.6 Å². The summed E-state index contributed by atoms with van der Waals surface area (Å²) < 4.78 is 4.99. The quantitative estimate of drug-likeness (QED) is 0.604. The molecule has 1 heterocycles. The number of ether oxygens (including phenoxy) is 1. The molecule has 6 heteroatoms. The molecule has 0 aromatic rings. The van der Waals surface area contributed by atoms with Crippen molar-refractivity contribution in [1.29, 1.82) is 0 Å². The summed E-state index contributed by atoms with van der Waals surface area (Å²) in [4.78, 5) is 23.5. The third kappa shape index (κ3) is 2.59. The van der Waals surface area contributed by atoms with E-state index in [1.165, 1.54) is 0 Å². The average molecular weight is 201 g/mol. The van der Waals surface area contributed by atoms with Gasteiger partial charge in [0.15, 0.2) is 0 Å². The van der Waals surface area contributed by atoms with Crippen molar-refractivity contribution >= 4 is 12.0 Å². The summed E-state index contributed by atoms with van der Waals surface area (Å²) in [5.74, 6) is -0.240. The zero-order valence-electron chi connectivity index (χ0n) is 8.16. The van der Waals surface area contributed by atoms with Gasteiger partial charge in [-0.05, 0) is 6.92 Å². The zero-order chi connectivity index (χ0) is 10.6. The summed E-state index contributed by atoms with van der Waals surface area (Å²) in [6.07, 6.45) is -0.572. The number of likely N-dealkylation sites (N-methyl/N-ethyl adjacent to an activating group) is 1. The highest BCUT2D eigenvalue weighted by Gasteiger charge is 2.29. The Morgan fingerprint density at radius 1 is 1.79 bits per heavy atom. The first-order valence-electron chi connectivity index (χ1n) is 4.59. The molecule has 14 heavy (non-hydrogen) atoms. The van der Waals surface area contributed by atoms with Crippen molar-refractivity contribution in [3.8, 4) is 0 Å². The summed E-state index contributed by atoms with van der Waals surface area (Å²) >= 11 is 0. The van der Waals surface area contributed by atoms with Crippen LogP contribution in [0.2, 0.25) is 0 Å². The Labute approximate surface area is 82.4 Å². The van der Waals surface area contributed by atoms with Gasteiger partial charge >= 0.3 is 6.09 Å². The number of nitrogens with two attached hydrogens (primary N) is 1. The lowest BCUT2D eigenvalue weighted by atomic mass is 10.3. The molecule has 2 amide bonds. The van der Waals surface area contributed by atoms with Gasteiger partial charge in [0.05, 0.1) is 19.6 Å².